The molecule has 2 aromatic carbocycles. The molecule has 3 nitrogen and oxygen atoms in total. The molecule has 0 aliphatic heterocycles. The molecule has 0 atom stereocenters. The molecule has 2 rings (SSSR count). The van der Waals surface area contributed by atoms with Gasteiger partial charge >= 0.3 is 0 Å². The van der Waals surface area contributed by atoms with Gasteiger partial charge in [0.2, 0.25) is 5.91 Å². The molecule has 0 aromatic heterocycles. The van der Waals surface area contributed by atoms with E-state index in [0.29, 0.717) is 13.0 Å². The first kappa shape index (κ1) is 16.5. The summed E-state index contributed by atoms with van der Waals surface area (Å²) in [6, 6.07) is 14.2. The second-order valence-corrected chi connectivity index (χ2v) is 5.62. The number of halogens is 1. The van der Waals surface area contributed by atoms with Crippen LogP contribution in [-0.2, 0) is 11.2 Å². The summed E-state index contributed by atoms with van der Waals surface area (Å²) < 4.78 is 0. The van der Waals surface area contributed by atoms with Gasteiger partial charge in [-0.2, -0.15) is 0 Å². The largest absolute Gasteiger partial charge is 0.354 e. The van der Waals surface area contributed by atoms with Crippen LogP contribution >= 0.6 is 12.4 Å². The van der Waals surface area contributed by atoms with Crippen molar-refractivity contribution in [3.05, 3.63) is 48.0 Å². The number of amides is 1. The summed E-state index contributed by atoms with van der Waals surface area (Å²) in [5, 5.41) is 5.20. The fourth-order valence-electron chi connectivity index (χ4n) is 1.92. The van der Waals surface area contributed by atoms with Gasteiger partial charge in [0.05, 0.1) is 6.42 Å². The quantitative estimate of drug-likeness (QED) is 0.910. The van der Waals surface area contributed by atoms with E-state index in [1.165, 1.54) is 5.39 Å². The minimum Gasteiger partial charge on any atom is -0.354 e. The number of carbonyl (C=O) groups is 1. The topological polar surface area (TPSA) is 55.1 Å². The van der Waals surface area contributed by atoms with Crippen molar-refractivity contribution in [3.63, 3.8) is 0 Å². The molecule has 0 bridgehead atoms. The van der Waals surface area contributed by atoms with Crippen LogP contribution in [0.2, 0.25) is 0 Å². The molecule has 0 spiro atoms. The molecule has 20 heavy (non-hydrogen) atoms. The Morgan fingerprint density at radius 3 is 2.45 bits per heavy atom. The molecule has 1 amide bonds. The second kappa shape index (κ2) is 6.73. The Labute approximate surface area is 126 Å². The van der Waals surface area contributed by atoms with E-state index >= 15 is 0 Å². The Kier molecular flexibility index (Phi) is 5.54. The molecule has 0 saturated carbocycles. The van der Waals surface area contributed by atoms with E-state index in [0.717, 1.165) is 10.9 Å². The van der Waals surface area contributed by atoms with Crippen LogP contribution in [0.5, 0.6) is 0 Å². The SMILES string of the molecule is CC(C)(N)CNC(=O)Cc1ccc2ccccc2c1.Cl. The lowest BCUT2D eigenvalue weighted by atomic mass is 10.0. The van der Waals surface area contributed by atoms with Crippen molar-refractivity contribution in [2.45, 2.75) is 25.8 Å². The van der Waals surface area contributed by atoms with Crippen molar-refractivity contribution in [1.82, 2.24) is 5.32 Å². The van der Waals surface area contributed by atoms with Gasteiger partial charge in [-0.05, 0) is 30.2 Å². The van der Waals surface area contributed by atoms with Gasteiger partial charge in [-0.3, -0.25) is 4.79 Å². The number of benzene rings is 2. The third-order valence-electron chi connectivity index (χ3n) is 2.92. The molecule has 3 N–H and O–H groups in total. The Morgan fingerprint density at radius 1 is 1.15 bits per heavy atom. The maximum absolute atomic E-state index is 11.8. The first-order valence-corrected chi connectivity index (χ1v) is 6.47. The van der Waals surface area contributed by atoms with Crippen LogP contribution in [0.1, 0.15) is 19.4 Å². The van der Waals surface area contributed by atoms with Gasteiger partial charge < -0.3 is 11.1 Å². The number of nitrogens with two attached hydrogens (primary N) is 1. The lowest BCUT2D eigenvalue weighted by Gasteiger charge is -2.18. The van der Waals surface area contributed by atoms with Crippen molar-refractivity contribution >= 4 is 29.1 Å². The van der Waals surface area contributed by atoms with Crippen LogP contribution < -0.4 is 11.1 Å². The third kappa shape index (κ3) is 4.83. The van der Waals surface area contributed by atoms with Crippen LogP contribution in [0.25, 0.3) is 10.8 Å². The van der Waals surface area contributed by atoms with E-state index in [1.54, 1.807) is 0 Å². The highest BCUT2D eigenvalue weighted by Gasteiger charge is 2.12. The monoisotopic (exact) mass is 292 g/mol. The summed E-state index contributed by atoms with van der Waals surface area (Å²) in [7, 11) is 0. The Hall–Kier alpha value is -1.58. The minimum absolute atomic E-state index is 0. The first-order valence-electron chi connectivity index (χ1n) is 6.47. The number of hydrogen-bond donors (Lipinski definition) is 2. The van der Waals surface area contributed by atoms with Gasteiger partial charge in [0, 0.05) is 12.1 Å². The maximum atomic E-state index is 11.8. The van der Waals surface area contributed by atoms with Gasteiger partial charge in [0.15, 0.2) is 0 Å². The highest BCUT2D eigenvalue weighted by atomic mass is 35.5. The third-order valence-corrected chi connectivity index (χ3v) is 2.92. The maximum Gasteiger partial charge on any atom is 0.224 e. The van der Waals surface area contributed by atoms with E-state index in [2.05, 4.69) is 23.5 Å². The van der Waals surface area contributed by atoms with E-state index in [9.17, 15) is 4.79 Å². The van der Waals surface area contributed by atoms with E-state index in [-0.39, 0.29) is 23.9 Å². The Bertz CT molecular complexity index is 590. The molecule has 108 valence electrons. The summed E-state index contributed by atoms with van der Waals surface area (Å²) in [6.07, 6.45) is 0.390. The van der Waals surface area contributed by atoms with Gasteiger partial charge in [-0.25, -0.2) is 0 Å². The molecule has 0 saturated heterocycles. The lowest BCUT2D eigenvalue weighted by molar-refractivity contribution is -0.120. The van der Waals surface area contributed by atoms with Crippen LogP contribution in [-0.4, -0.2) is 18.0 Å². The van der Waals surface area contributed by atoms with Crippen molar-refractivity contribution < 1.29 is 4.79 Å². The summed E-state index contributed by atoms with van der Waals surface area (Å²) in [4.78, 5) is 11.8. The summed E-state index contributed by atoms with van der Waals surface area (Å²) >= 11 is 0. The Balaban J connectivity index is 0.00000200. The molecule has 0 unspecified atom stereocenters. The molecule has 4 heteroatoms. The average Bonchev–Trinajstić information content (AvgIpc) is 2.35. The highest BCUT2D eigenvalue weighted by Crippen LogP contribution is 2.15. The zero-order valence-corrected chi connectivity index (χ0v) is 12.7. The van der Waals surface area contributed by atoms with Crippen LogP contribution in [0.3, 0.4) is 0 Å². The summed E-state index contributed by atoms with van der Waals surface area (Å²) in [5.41, 5.74) is 6.48. The normalized spacial score (nSPS) is 10.9. The smallest absolute Gasteiger partial charge is 0.224 e. The van der Waals surface area contributed by atoms with E-state index in [1.807, 2.05) is 38.1 Å². The van der Waals surface area contributed by atoms with Gasteiger partial charge in [-0.1, -0.05) is 42.5 Å². The molecule has 0 fully saturated rings. The highest BCUT2D eigenvalue weighted by molar-refractivity contribution is 5.86. The van der Waals surface area contributed by atoms with E-state index < -0.39 is 0 Å². The van der Waals surface area contributed by atoms with E-state index in [4.69, 9.17) is 5.73 Å². The van der Waals surface area contributed by atoms with Crippen molar-refractivity contribution in [3.8, 4) is 0 Å². The zero-order valence-electron chi connectivity index (χ0n) is 11.8. The number of carbonyl (C=O) groups excluding carboxylic acids is 1. The van der Waals surface area contributed by atoms with Crippen LogP contribution in [0.15, 0.2) is 42.5 Å². The number of fused-ring (bicyclic) bond motifs is 1. The zero-order chi connectivity index (χ0) is 13.9. The van der Waals surface area contributed by atoms with Crippen LogP contribution in [0.4, 0.5) is 0 Å². The second-order valence-electron chi connectivity index (χ2n) is 5.62. The van der Waals surface area contributed by atoms with Crippen molar-refractivity contribution in [2.75, 3.05) is 6.54 Å². The van der Waals surface area contributed by atoms with Gasteiger partial charge in [0.25, 0.3) is 0 Å². The molecular weight excluding hydrogens is 272 g/mol. The minimum atomic E-state index is -0.376. The molecule has 0 aliphatic carbocycles. The standard InChI is InChI=1S/C16H20N2O.ClH/c1-16(2,17)11-18-15(19)10-12-7-8-13-5-3-4-6-14(13)9-12;/h3-9H,10-11,17H2,1-2H3,(H,18,19);1H. The Morgan fingerprint density at radius 2 is 1.80 bits per heavy atom. The molecule has 2 aromatic rings. The summed E-state index contributed by atoms with van der Waals surface area (Å²) in [6.45, 7) is 4.27. The lowest BCUT2D eigenvalue weighted by Crippen LogP contribution is -2.45. The molecule has 0 aliphatic rings. The summed E-state index contributed by atoms with van der Waals surface area (Å²) in [5.74, 6) is 0.00815. The molecular formula is C16H21ClN2O. The fourth-order valence-corrected chi connectivity index (χ4v) is 1.92. The predicted octanol–water partition coefficient (Wildman–Crippen LogP) is 2.66. The average molecular weight is 293 g/mol. The molecule has 0 heterocycles. The first-order chi connectivity index (χ1) is 8.94. The van der Waals surface area contributed by atoms with Gasteiger partial charge in [0.1, 0.15) is 0 Å². The number of nitrogens with one attached hydrogen (secondary N) is 1. The van der Waals surface area contributed by atoms with Crippen molar-refractivity contribution in [1.29, 1.82) is 0 Å². The van der Waals surface area contributed by atoms with Crippen molar-refractivity contribution in [2.24, 2.45) is 5.73 Å². The van der Waals surface area contributed by atoms with Crippen LogP contribution in [0, 0.1) is 0 Å². The predicted molar refractivity (Wildman–Crippen MR) is 86.2 cm³/mol. The number of rotatable bonds is 4. The molecule has 0 radical (unpaired) electrons. The van der Waals surface area contributed by atoms with Gasteiger partial charge in [-0.15, -0.1) is 12.4 Å². The fraction of sp³-hybridized carbons (Fsp3) is 0.312. The number of hydrogen-bond acceptors (Lipinski definition) is 2.